The molecular weight excluding hydrogens is 354 g/mol. The number of hydrogen-bond acceptors (Lipinski definition) is 2. The summed E-state index contributed by atoms with van der Waals surface area (Å²) in [6.07, 6.45) is 2.37. The fourth-order valence-electron chi connectivity index (χ4n) is 2.96. The van der Waals surface area contributed by atoms with Crippen molar-refractivity contribution in [3.8, 4) is 0 Å². The molecule has 0 aliphatic rings. The summed E-state index contributed by atoms with van der Waals surface area (Å²) in [6, 6.07) is 8.19. The van der Waals surface area contributed by atoms with Gasteiger partial charge < -0.3 is 10.1 Å². The minimum absolute atomic E-state index is 0.355. The number of halogens is 1. The zero-order chi connectivity index (χ0) is 17.7. The van der Waals surface area contributed by atoms with Crippen LogP contribution in [0.1, 0.15) is 66.4 Å². The van der Waals surface area contributed by atoms with Crippen LogP contribution in [0.3, 0.4) is 0 Å². The van der Waals surface area contributed by atoms with E-state index < -0.39 is 11.1 Å². The third kappa shape index (κ3) is 6.54. The lowest BCUT2D eigenvalue weighted by atomic mass is 9.79. The quantitative estimate of drug-likeness (QED) is 0.652. The minimum atomic E-state index is -0.503. The van der Waals surface area contributed by atoms with Gasteiger partial charge in [0, 0.05) is 4.47 Å². The predicted molar refractivity (Wildman–Crippen MR) is 99.6 cm³/mol. The van der Waals surface area contributed by atoms with Crippen molar-refractivity contribution in [2.45, 2.75) is 71.9 Å². The van der Waals surface area contributed by atoms with E-state index in [0.717, 1.165) is 29.3 Å². The predicted octanol–water partition coefficient (Wildman–Crippen LogP) is 6.02. The van der Waals surface area contributed by atoms with E-state index in [1.807, 2.05) is 32.9 Å². The van der Waals surface area contributed by atoms with Crippen LogP contribution >= 0.6 is 15.9 Å². The monoisotopic (exact) mass is 383 g/mol. The van der Waals surface area contributed by atoms with Crippen LogP contribution in [0.25, 0.3) is 0 Å². The summed E-state index contributed by atoms with van der Waals surface area (Å²) in [4.78, 5) is 12.4. The highest BCUT2D eigenvalue weighted by Crippen LogP contribution is 2.35. The first-order valence-electron chi connectivity index (χ1n) is 8.35. The molecule has 1 aromatic carbocycles. The molecule has 3 nitrogen and oxygen atoms in total. The van der Waals surface area contributed by atoms with Crippen LogP contribution in [0.5, 0.6) is 0 Å². The molecule has 0 aliphatic heterocycles. The third-order valence-corrected chi connectivity index (χ3v) is 4.04. The van der Waals surface area contributed by atoms with Crippen LogP contribution in [0.15, 0.2) is 28.7 Å². The number of carbonyl (C=O) groups is 1. The number of ether oxygens (including phenoxy) is 1. The van der Waals surface area contributed by atoms with Crippen molar-refractivity contribution >= 4 is 22.0 Å². The second-order valence-corrected chi connectivity index (χ2v) is 8.48. The standard InChI is InChI=1S/C19H30BrNO2/c1-7-11-19(13-14(2)3,15-9-8-10-16(20)12-15)21-17(22)23-18(4,5)6/h8-10,12,14H,7,11,13H2,1-6H3,(H,21,22). The second-order valence-electron chi connectivity index (χ2n) is 7.57. The summed E-state index contributed by atoms with van der Waals surface area (Å²) in [5, 5.41) is 3.18. The van der Waals surface area contributed by atoms with Crippen LogP contribution in [0.2, 0.25) is 0 Å². The maximum Gasteiger partial charge on any atom is 0.408 e. The van der Waals surface area contributed by atoms with Crippen LogP contribution in [-0.4, -0.2) is 11.7 Å². The van der Waals surface area contributed by atoms with Crippen molar-refractivity contribution in [2.75, 3.05) is 0 Å². The van der Waals surface area contributed by atoms with Crippen molar-refractivity contribution in [3.05, 3.63) is 34.3 Å². The van der Waals surface area contributed by atoms with Gasteiger partial charge in [-0.25, -0.2) is 4.79 Å². The number of hydrogen-bond donors (Lipinski definition) is 1. The molecule has 0 radical (unpaired) electrons. The van der Waals surface area contributed by atoms with E-state index in [9.17, 15) is 4.79 Å². The molecule has 0 heterocycles. The topological polar surface area (TPSA) is 38.3 Å². The Bertz CT molecular complexity index is 522. The van der Waals surface area contributed by atoms with E-state index >= 15 is 0 Å². The number of alkyl carbamates (subject to hydrolysis) is 1. The first-order valence-corrected chi connectivity index (χ1v) is 9.14. The van der Waals surface area contributed by atoms with Crippen LogP contribution in [0, 0.1) is 5.92 Å². The van der Waals surface area contributed by atoms with Gasteiger partial charge in [-0.2, -0.15) is 0 Å². The number of benzene rings is 1. The molecular formula is C19H30BrNO2. The molecule has 0 aromatic heterocycles. The summed E-state index contributed by atoms with van der Waals surface area (Å²) in [6.45, 7) is 12.2. The number of nitrogens with one attached hydrogen (secondary N) is 1. The fraction of sp³-hybridized carbons (Fsp3) is 0.632. The van der Waals surface area contributed by atoms with E-state index in [1.54, 1.807) is 0 Å². The van der Waals surface area contributed by atoms with E-state index in [1.165, 1.54) is 0 Å². The second kappa shape index (κ2) is 8.18. The number of carbonyl (C=O) groups excluding carboxylic acids is 1. The smallest absolute Gasteiger partial charge is 0.408 e. The first-order chi connectivity index (χ1) is 10.6. The molecule has 0 bridgehead atoms. The van der Waals surface area contributed by atoms with Gasteiger partial charge in [0.2, 0.25) is 0 Å². The van der Waals surface area contributed by atoms with Crippen molar-refractivity contribution in [3.63, 3.8) is 0 Å². The average Bonchev–Trinajstić information content (AvgIpc) is 2.35. The Kier molecular flexibility index (Phi) is 7.12. The summed E-state index contributed by atoms with van der Waals surface area (Å²) in [7, 11) is 0. The lowest BCUT2D eigenvalue weighted by molar-refractivity contribution is 0.0427. The maximum absolute atomic E-state index is 12.4. The van der Waals surface area contributed by atoms with Crippen LogP contribution in [0.4, 0.5) is 4.79 Å². The van der Waals surface area contributed by atoms with Crippen molar-refractivity contribution in [1.29, 1.82) is 0 Å². The fourth-order valence-corrected chi connectivity index (χ4v) is 3.36. The molecule has 1 rings (SSSR count). The van der Waals surface area contributed by atoms with Gasteiger partial charge >= 0.3 is 6.09 Å². The van der Waals surface area contributed by atoms with E-state index in [2.05, 4.69) is 54.2 Å². The lowest BCUT2D eigenvalue weighted by Crippen LogP contribution is -2.48. The molecule has 0 saturated carbocycles. The molecule has 130 valence electrons. The van der Waals surface area contributed by atoms with Crippen molar-refractivity contribution in [2.24, 2.45) is 5.92 Å². The third-order valence-electron chi connectivity index (χ3n) is 3.55. The highest BCUT2D eigenvalue weighted by molar-refractivity contribution is 9.10. The SMILES string of the molecule is CCCC(CC(C)C)(NC(=O)OC(C)(C)C)c1cccc(Br)c1. The highest BCUT2D eigenvalue weighted by atomic mass is 79.9. The van der Waals surface area contributed by atoms with Gasteiger partial charge in [0.25, 0.3) is 0 Å². The molecule has 4 heteroatoms. The number of amides is 1. The van der Waals surface area contributed by atoms with Gasteiger partial charge in [-0.3, -0.25) is 0 Å². The Balaban J connectivity index is 3.20. The minimum Gasteiger partial charge on any atom is -0.444 e. The summed E-state index contributed by atoms with van der Waals surface area (Å²) < 4.78 is 6.53. The normalized spacial score (nSPS) is 14.4. The summed E-state index contributed by atoms with van der Waals surface area (Å²) in [5.74, 6) is 0.454. The van der Waals surface area contributed by atoms with E-state index in [0.29, 0.717) is 5.92 Å². The van der Waals surface area contributed by atoms with Gasteiger partial charge in [-0.15, -0.1) is 0 Å². The Labute approximate surface area is 149 Å². The Morgan fingerprint density at radius 2 is 1.96 bits per heavy atom. The zero-order valence-corrected chi connectivity index (χ0v) is 16.8. The summed E-state index contributed by atoms with van der Waals surface area (Å²) in [5.41, 5.74) is 0.208. The van der Waals surface area contributed by atoms with Crippen LogP contribution in [-0.2, 0) is 10.3 Å². The van der Waals surface area contributed by atoms with Gasteiger partial charge in [-0.05, 0) is 57.2 Å². The Morgan fingerprint density at radius 3 is 2.43 bits per heavy atom. The first kappa shape index (κ1) is 20.0. The largest absolute Gasteiger partial charge is 0.444 e. The van der Waals surface area contributed by atoms with Gasteiger partial charge in [0.05, 0.1) is 5.54 Å². The van der Waals surface area contributed by atoms with Gasteiger partial charge in [0.15, 0.2) is 0 Å². The molecule has 1 N–H and O–H groups in total. The van der Waals surface area contributed by atoms with Gasteiger partial charge in [0.1, 0.15) is 5.60 Å². The number of rotatable bonds is 6. The lowest BCUT2D eigenvalue weighted by Gasteiger charge is -2.37. The molecule has 1 unspecified atom stereocenters. The summed E-state index contributed by atoms with van der Waals surface area (Å²) >= 11 is 3.54. The molecule has 0 aliphatic carbocycles. The Morgan fingerprint density at radius 1 is 1.30 bits per heavy atom. The van der Waals surface area contributed by atoms with E-state index in [-0.39, 0.29) is 6.09 Å². The molecule has 23 heavy (non-hydrogen) atoms. The molecule has 1 atom stereocenters. The molecule has 1 amide bonds. The molecule has 0 spiro atoms. The van der Waals surface area contributed by atoms with Gasteiger partial charge in [-0.1, -0.05) is 55.3 Å². The zero-order valence-electron chi connectivity index (χ0n) is 15.2. The maximum atomic E-state index is 12.4. The van der Waals surface area contributed by atoms with Crippen molar-refractivity contribution in [1.82, 2.24) is 5.32 Å². The van der Waals surface area contributed by atoms with Crippen molar-refractivity contribution < 1.29 is 9.53 Å². The van der Waals surface area contributed by atoms with Crippen LogP contribution < -0.4 is 5.32 Å². The molecule has 0 fully saturated rings. The molecule has 1 aromatic rings. The highest BCUT2D eigenvalue weighted by Gasteiger charge is 2.35. The Hall–Kier alpha value is -1.03. The average molecular weight is 384 g/mol. The molecule has 0 saturated heterocycles. The van der Waals surface area contributed by atoms with E-state index in [4.69, 9.17) is 4.74 Å².